The number of nitrogens with one attached hydrogen (secondary N) is 1. The molecule has 2 heterocycles. The lowest BCUT2D eigenvalue weighted by Crippen LogP contribution is -2.03. The summed E-state index contributed by atoms with van der Waals surface area (Å²) in [6.07, 6.45) is 2.41. The summed E-state index contributed by atoms with van der Waals surface area (Å²) in [5.41, 5.74) is 6.08. The second-order valence-electron chi connectivity index (χ2n) is 7.02. The lowest BCUT2D eigenvalue weighted by molar-refractivity contribution is -0.106. The minimum atomic E-state index is 0.184. The van der Waals surface area contributed by atoms with Crippen LogP contribution in [0.1, 0.15) is 11.1 Å². The summed E-state index contributed by atoms with van der Waals surface area (Å²) in [7, 11) is 1.68. The highest BCUT2D eigenvalue weighted by Gasteiger charge is 2.15. The number of aldehydes is 1. The number of ether oxygens (including phenoxy) is 1. The van der Waals surface area contributed by atoms with E-state index in [1.807, 2.05) is 24.3 Å². The first-order chi connectivity index (χ1) is 15.2. The van der Waals surface area contributed by atoms with Crippen LogP contribution in [-0.2, 0) is 16.1 Å². The van der Waals surface area contributed by atoms with E-state index in [4.69, 9.17) is 9.26 Å². The van der Waals surface area contributed by atoms with Gasteiger partial charge in [0.1, 0.15) is 12.1 Å². The van der Waals surface area contributed by atoms with E-state index in [1.165, 1.54) is 11.1 Å². The summed E-state index contributed by atoms with van der Waals surface area (Å²) < 4.78 is 11.0. The Hall–Kier alpha value is -3.84. The first-order valence-electron chi connectivity index (χ1n) is 9.85. The van der Waals surface area contributed by atoms with Gasteiger partial charge in [0.15, 0.2) is 0 Å². The van der Waals surface area contributed by atoms with E-state index in [1.54, 1.807) is 25.4 Å². The number of anilines is 1. The summed E-state index contributed by atoms with van der Waals surface area (Å²) >= 11 is 0. The van der Waals surface area contributed by atoms with E-state index >= 15 is 0 Å². The molecule has 0 spiro atoms. The van der Waals surface area contributed by atoms with Crippen molar-refractivity contribution in [1.82, 2.24) is 15.1 Å². The Morgan fingerprint density at radius 3 is 2.74 bits per heavy atom. The van der Waals surface area contributed by atoms with Crippen LogP contribution in [0, 0.1) is 6.92 Å². The lowest BCUT2D eigenvalue weighted by Gasteiger charge is -2.12. The Kier molecular flexibility index (Phi) is 6.14. The largest absolute Gasteiger partial charge is 0.380 e. The Labute approximate surface area is 180 Å². The highest BCUT2D eigenvalue weighted by molar-refractivity contribution is 5.74. The van der Waals surface area contributed by atoms with Gasteiger partial charge in [0.05, 0.1) is 13.2 Å². The zero-order chi connectivity index (χ0) is 21.6. The molecule has 2 aromatic heterocycles. The number of aromatic nitrogens is 3. The number of carbonyl (C=O) groups is 1. The maximum atomic E-state index is 10.6. The monoisotopic (exact) mass is 414 g/mol. The second-order valence-corrected chi connectivity index (χ2v) is 7.02. The van der Waals surface area contributed by atoms with Gasteiger partial charge in [-0.05, 0) is 53.4 Å². The van der Waals surface area contributed by atoms with Crippen LogP contribution >= 0.6 is 0 Å². The number of pyridine rings is 1. The summed E-state index contributed by atoms with van der Waals surface area (Å²) in [5, 5.41) is 7.02. The van der Waals surface area contributed by atoms with Crippen LogP contribution in [-0.4, -0.2) is 35.1 Å². The zero-order valence-electron chi connectivity index (χ0n) is 17.3. The van der Waals surface area contributed by atoms with Crippen LogP contribution in [0.2, 0.25) is 0 Å². The SMILES string of the molecule is COCc1cc(-c2nc(-c3ccnc(NCC=O)c3)no2)ccc1-c1ccccc1C. The van der Waals surface area contributed by atoms with Gasteiger partial charge in [0.2, 0.25) is 5.82 Å². The van der Waals surface area contributed by atoms with Crippen molar-refractivity contribution >= 4 is 12.1 Å². The molecule has 1 N–H and O–H groups in total. The van der Waals surface area contributed by atoms with E-state index < -0.39 is 0 Å². The molecule has 0 unspecified atom stereocenters. The number of nitrogens with zero attached hydrogens (tertiary/aromatic N) is 3. The van der Waals surface area contributed by atoms with Crippen LogP contribution in [0.5, 0.6) is 0 Å². The van der Waals surface area contributed by atoms with Gasteiger partial charge in [-0.15, -0.1) is 0 Å². The summed E-state index contributed by atoms with van der Waals surface area (Å²) in [4.78, 5) is 19.3. The van der Waals surface area contributed by atoms with Crippen molar-refractivity contribution in [3.05, 3.63) is 71.9 Å². The van der Waals surface area contributed by atoms with Gasteiger partial charge in [-0.2, -0.15) is 4.98 Å². The predicted octanol–water partition coefficient (Wildman–Crippen LogP) is 4.53. The van der Waals surface area contributed by atoms with Crippen LogP contribution in [0.3, 0.4) is 0 Å². The van der Waals surface area contributed by atoms with Crippen molar-refractivity contribution < 1.29 is 14.1 Å². The average molecular weight is 414 g/mol. The molecule has 31 heavy (non-hydrogen) atoms. The van der Waals surface area contributed by atoms with Crippen molar-refractivity contribution in [2.24, 2.45) is 0 Å². The van der Waals surface area contributed by atoms with Crippen LogP contribution in [0.15, 0.2) is 65.3 Å². The Morgan fingerprint density at radius 1 is 1.06 bits per heavy atom. The molecular formula is C24H22N4O3. The zero-order valence-corrected chi connectivity index (χ0v) is 17.3. The van der Waals surface area contributed by atoms with Gasteiger partial charge in [0.25, 0.3) is 5.89 Å². The molecule has 7 heteroatoms. The van der Waals surface area contributed by atoms with Gasteiger partial charge >= 0.3 is 0 Å². The Bertz CT molecular complexity index is 1200. The number of methoxy groups -OCH3 is 1. The average Bonchev–Trinajstić information content (AvgIpc) is 3.29. The quantitative estimate of drug-likeness (QED) is 0.424. The molecule has 0 aliphatic carbocycles. The summed E-state index contributed by atoms with van der Waals surface area (Å²) in [6, 6.07) is 17.9. The van der Waals surface area contributed by atoms with Crippen LogP contribution in [0.25, 0.3) is 34.0 Å². The second kappa shape index (κ2) is 9.32. The van der Waals surface area contributed by atoms with Crippen LogP contribution in [0.4, 0.5) is 5.82 Å². The molecule has 0 saturated heterocycles. The summed E-state index contributed by atoms with van der Waals surface area (Å²) in [6.45, 7) is 2.75. The van der Waals surface area contributed by atoms with E-state index in [2.05, 4.69) is 45.6 Å². The van der Waals surface area contributed by atoms with Gasteiger partial charge in [-0.1, -0.05) is 35.5 Å². The molecule has 4 aromatic rings. The first-order valence-corrected chi connectivity index (χ1v) is 9.85. The molecule has 0 saturated carbocycles. The highest BCUT2D eigenvalue weighted by atomic mass is 16.5. The number of rotatable bonds is 8. The molecular weight excluding hydrogens is 392 g/mol. The number of carbonyl (C=O) groups excluding carboxylic acids is 1. The minimum absolute atomic E-state index is 0.184. The third kappa shape index (κ3) is 4.51. The highest BCUT2D eigenvalue weighted by Crippen LogP contribution is 2.31. The van der Waals surface area contributed by atoms with Gasteiger partial charge in [-0.25, -0.2) is 4.98 Å². The number of hydrogen-bond donors (Lipinski definition) is 1. The Morgan fingerprint density at radius 2 is 1.94 bits per heavy atom. The molecule has 4 rings (SSSR count). The maximum absolute atomic E-state index is 10.6. The first kappa shape index (κ1) is 20.4. The van der Waals surface area contributed by atoms with E-state index in [0.29, 0.717) is 24.1 Å². The van der Waals surface area contributed by atoms with Crippen molar-refractivity contribution in [2.75, 3.05) is 19.0 Å². The molecule has 156 valence electrons. The van der Waals surface area contributed by atoms with Gasteiger partial charge in [0, 0.05) is 24.4 Å². The number of benzene rings is 2. The maximum Gasteiger partial charge on any atom is 0.258 e. The fourth-order valence-electron chi connectivity index (χ4n) is 3.41. The van der Waals surface area contributed by atoms with Crippen molar-refractivity contribution in [2.45, 2.75) is 13.5 Å². The molecule has 7 nitrogen and oxygen atoms in total. The van der Waals surface area contributed by atoms with E-state index in [-0.39, 0.29) is 6.54 Å². The lowest BCUT2D eigenvalue weighted by atomic mass is 9.94. The molecule has 0 aliphatic rings. The fraction of sp³-hybridized carbons (Fsp3) is 0.167. The molecule has 0 bridgehead atoms. The molecule has 0 radical (unpaired) electrons. The fourth-order valence-corrected chi connectivity index (χ4v) is 3.41. The van der Waals surface area contributed by atoms with Gasteiger partial charge in [-0.3, -0.25) is 0 Å². The molecule has 0 amide bonds. The van der Waals surface area contributed by atoms with E-state index in [0.717, 1.165) is 28.5 Å². The smallest absolute Gasteiger partial charge is 0.258 e. The van der Waals surface area contributed by atoms with Crippen LogP contribution < -0.4 is 5.32 Å². The standard InChI is InChI=1S/C24H22N4O3/c1-16-5-3-4-6-20(16)21-8-7-18(13-19(21)15-30-2)24-27-23(28-31-24)17-9-10-25-22(14-17)26-11-12-29/h3-10,12-14H,11,15H2,1-2H3,(H,25,26). The third-order valence-electron chi connectivity index (χ3n) is 4.90. The molecule has 0 aliphatic heterocycles. The number of aryl methyl sites for hydroxylation is 1. The molecule has 2 aromatic carbocycles. The number of hydrogen-bond acceptors (Lipinski definition) is 7. The minimum Gasteiger partial charge on any atom is -0.380 e. The normalized spacial score (nSPS) is 10.8. The van der Waals surface area contributed by atoms with Crippen molar-refractivity contribution in [3.63, 3.8) is 0 Å². The van der Waals surface area contributed by atoms with Crippen molar-refractivity contribution in [1.29, 1.82) is 0 Å². The van der Waals surface area contributed by atoms with Crippen molar-refractivity contribution in [3.8, 4) is 34.0 Å². The predicted molar refractivity (Wildman–Crippen MR) is 118 cm³/mol. The Balaban J connectivity index is 1.67. The topological polar surface area (TPSA) is 90.1 Å². The molecule has 0 fully saturated rings. The molecule has 0 atom stereocenters. The summed E-state index contributed by atoms with van der Waals surface area (Å²) in [5.74, 6) is 1.44. The van der Waals surface area contributed by atoms with E-state index in [9.17, 15) is 4.79 Å². The third-order valence-corrected chi connectivity index (χ3v) is 4.90. The van der Waals surface area contributed by atoms with Gasteiger partial charge < -0.3 is 19.4 Å².